The topological polar surface area (TPSA) is 101 Å². The first-order valence-corrected chi connectivity index (χ1v) is 12.4. The molecule has 164 valence electrons. The molecule has 31 heavy (non-hydrogen) atoms. The fourth-order valence-electron chi connectivity index (χ4n) is 4.06. The van der Waals surface area contributed by atoms with E-state index in [4.69, 9.17) is 0 Å². The first-order chi connectivity index (χ1) is 14.7. The molecule has 1 aliphatic heterocycles. The maximum atomic E-state index is 13.2. The van der Waals surface area contributed by atoms with Crippen molar-refractivity contribution in [3.05, 3.63) is 57.5 Å². The van der Waals surface area contributed by atoms with Crippen LogP contribution in [-0.4, -0.2) is 41.4 Å². The minimum absolute atomic E-state index is 0.0666. The summed E-state index contributed by atoms with van der Waals surface area (Å²) in [6, 6.07) is 7.56. The van der Waals surface area contributed by atoms with Gasteiger partial charge >= 0.3 is 0 Å². The van der Waals surface area contributed by atoms with Crippen molar-refractivity contribution in [2.75, 3.05) is 18.5 Å². The number of rotatable bonds is 4. The highest BCUT2D eigenvalue weighted by Gasteiger charge is 2.32. The van der Waals surface area contributed by atoms with E-state index in [1.165, 1.54) is 39.9 Å². The third-order valence-corrected chi connectivity index (χ3v) is 8.08. The average molecular weight is 461 g/mol. The lowest BCUT2D eigenvalue weighted by molar-refractivity contribution is 0.101. The van der Waals surface area contributed by atoms with E-state index in [1.807, 2.05) is 13.8 Å². The number of carbonyl (C=O) groups excluding carboxylic acids is 1. The minimum Gasteiger partial charge on any atom is -0.267 e. The number of amides is 1. The van der Waals surface area contributed by atoms with E-state index in [9.17, 15) is 18.0 Å². The zero-order valence-corrected chi connectivity index (χ0v) is 19.2. The summed E-state index contributed by atoms with van der Waals surface area (Å²) in [4.78, 5) is 30.5. The van der Waals surface area contributed by atoms with Gasteiger partial charge in [-0.3, -0.25) is 15.0 Å². The van der Waals surface area contributed by atoms with Gasteiger partial charge in [0.05, 0.1) is 10.3 Å². The molecular formula is C21H24N4O4S2. The van der Waals surface area contributed by atoms with Gasteiger partial charge in [-0.1, -0.05) is 19.9 Å². The molecule has 3 heterocycles. The molecule has 8 nitrogen and oxygen atoms in total. The molecule has 0 radical (unpaired) electrons. The second-order valence-corrected chi connectivity index (χ2v) is 11.0. The van der Waals surface area contributed by atoms with Crippen molar-refractivity contribution in [2.45, 2.75) is 32.1 Å². The smallest absolute Gasteiger partial charge is 0.267 e. The zero-order valence-electron chi connectivity index (χ0n) is 17.5. The Morgan fingerprint density at radius 1 is 1.19 bits per heavy atom. The van der Waals surface area contributed by atoms with E-state index < -0.39 is 15.9 Å². The summed E-state index contributed by atoms with van der Waals surface area (Å²) in [6.07, 6.45) is 0.991. The van der Waals surface area contributed by atoms with Gasteiger partial charge in [0, 0.05) is 18.7 Å². The summed E-state index contributed by atoms with van der Waals surface area (Å²) in [5, 5.41) is 2.18. The van der Waals surface area contributed by atoms with Gasteiger partial charge in [0.25, 0.3) is 11.5 Å². The molecule has 0 spiro atoms. The number of sulfonamides is 1. The highest BCUT2D eigenvalue weighted by Crippen LogP contribution is 2.27. The van der Waals surface area contributed by atoms with E-state index in [2.05, 4.69) is 10.4 Å². The molecule has 0 bridgehead atoms. The Labute approximate surface area is 184 Å². The zero-order chi connectivity index (χ0) is 22.3. The van der Waals surface area contributed by atoms with Gasteiger partial charge < -0.3 is 0 Å². The molecule has 1 saturated heterocycles. The number of aromatic nitrogens is 2. The van der Waals surface area contributed by atoms with Crippen molar-refractivity contribution in [1.29, 1.82) is 0 Å². The lowest BCUT2D eigenvalue weighted by Crippen LogP contribution is -2.42. The predicted octanol–water partition coefficient (Wildman–Crippen LogP) is 2.82. The van der Waals surface area contributed by atoms with Gasteiger partial charge in [0.2, 0.25) is 10.0 Å². The van der Waals surface area contributed by atoms with Crippen LogP contribution in [0.2, 0.25) is 0 Å². The summed E-state index contributed by atoms with van der Waals surface area (Å²) in [6.45, 7) is 6.63. The molecule has 1 N–H and O–H groups in total. The van der Waals surface area contributed by atoms with E-state index in [1.54, 1.807) is 18.4 Å². The Morgan fingerprint density at radius 3 is 2.61 bits per heavy atom. The number of nitrogens with one attached hydrogen (secondary N) is 1. The second kappa shape index (κ2) is 8.18. The van der Waals surface area contributed by atoms with Crippen LogP contribution in [-0.2, 0) is 10.0 Å². The fraction of sp³-hybridized carbons (Fsp3) is 0.381. The summed E-state index contributed by atoms with van der Waals surface area (Å²) in [5.41, 5.74) is 2.32. The maximum absolute atomic E-state index is 13.2. The van der Waals surface area contributed by atoms with E-state index >= 15 is 0 Å². The number of hydrogen-bond acceptors (Lipinski definition) is 6. The van der Waals surface area contributed by atoms with Crippen LogP contribution in [0, 0.1) is 18.8 Å². The first kappa shape index (κ1) is 21.7. The van der Waals surface area contributed by atoms with Crippen molar-refractivity contribution in [3.8, 4) is 0 Å². The second-order valence-electron chi connectivity index (χ2n) is 8.18. The summed E-state index contributed by atoms with van der Waals surface area (Å²) in [7, 11) is -3.72. The van der Waals surface area contributed by atoms with Crippen LogP contribution < -0.4 is 11.0 Å². The van der Waals surface area contributed by atoms with Crippen molar-refractivity contribution in [3.63, 3.8) is 0 Å². The molecular weight excluding hydrogens is 436 g/mol. The molecule has 1 aromatic carbocycles. The number of nitrogens with zero attached hydrogens (tertiary/aromatic N) is 3. The molecule has 0 unspecified atom stereocenters. The molecule has 2 aromatic heterocycles. The number of thiophene rings is 1. The standard InChI is InChI=1S/C21H24N4O4S2/c1-13-9-14(2)12-24(11-13)31(28,29)17-6-4-5-16(10-17)19(26)23-25-15(3)22-20-18(21(25)27)7-8-30-20/h4-8,10,13-14H,9,11-12H2,1-3H3,(H,23,26)/t13-,14-/m1/s1. The van der Waals surface area contributed by atoms with Crippen LogP contribution in [0.1, 0.15) is 36.5 Å². The van der Waals surface area contributed by atoms with Crippen LogP contribution in [0.5, 0.6) is 0 Å². The van der Waals surface area contributed by atoms with E-state index in [0.29, 0.717) is 29.1 Å². The molecule has 2 atom stereocenters. The highest BCUT2D eigenvalue weighted by atomic mass is 32.2. The first-order valence-electron chi connectivity index (χ1n) is 10.0. The molecule has 4 rings (SSSR count). The number of fused-ring (bicyclic) bond motifs is 1. The van der Waals surface area contributed by atoms with Gasteiger partial charge in [-0.2, -0.15) is 4.31 Å². The Kier molecular flexibility index (Phi) is 5.71. The lowest BCUT2D eigenvalue weighted by atomic mass is 9.94. The summed E-state index contributed by atoms with van der Waals surface area (Å²) >= 11 is 1.35. The van der Waals surface area contributed by atoms with Gasteiger partial charge in [0.1, 0.15) is 10.7 Å². The number of aryl methyl sites for hydroxylation is 1. The Hall–Kier alpha value is -2.56. The molecule has 1 aliphatic rings. The van der Waals surface area contributed by atoms with Crippen LogP contribution in [0.4, 0.5) is 0 Å². The quantitative estimate of drug-likeness (QED) is 0.645. The maximum Gasteiger partial charge on any atom is 0.281 e. The van der Waals surface area contributed by atoms with Crippen LogP contribution in [0.25, 0.3) is 10.2 Å². The van der Waals surface area contributed by atoms with Crippen molar-refractivity contribution in [2.24, 2.45) is 11.8 Å². The molecule has 1 amide bonds. The van der Waals surface area contributed by atoms with Crippen molar-refractivity contribution < 1.29 is 13.2 Å². The summed E-state index contributed by atoms with van der Waals surface area (Å²) in [5.74, 6) is 0.311. The van der Waals surface area contributed by atoms with Gasteiger partial charge in [-0.15, -0.1) is 11.3 Å². The van der Waals surface area contributed by atoms with Crippen LogP contribution >= 0.6 is 11.3 Å². The van der Waals surface area contributed by atoms with Crippen LogP contribution in [0.15, 0.2) is 45.4 Å². The number of hydrogen-bond donors (Lipinski definition) is 1. The van der Waals surface area contributed by atoms with Crippen molar-refractivity contribution >= 4 is 37.5 Å². The van der Waals surface area contributed by atoms with Crippen LogP contribution in [0.3, 0.4) is 0 Å². The SMILES string of the molecule is Cc1nc2sccc2c(=O)n1NC(=O)c1cccc(S(=O)(=O)N2C[C@H](C)C[C@@H](C)C2)c1. The van der Waals surface area contributed by atoms with Crippen molar-refractivity contribution in [1.82, 2.24) is 14.0 Å². The Bertz CT molecular complexity index is 1300. The number of benzene rings is 1. The number of piperidine rings is 1. The van der Waals surface area contributed by atoms with Gasteiger partial charge in [-0.25, -0.2) is 18.1 Å². The normalized spacial score (nSPS) is 20.1. The monoisotopic (exact) mass is 460 g/mol. The lowest BCUT2D eigenvalue weighted by Gasteiger charge is -2.34. The third kappa shape index (κ3) is 4.15. The van der Waals surface area contributed by atoms with E-state index in [-0.39, 0.29) is 27.9 Å². The predicted molar refractivity (Wildman–Crippen MR) is 120 cm³/mol. The molecule has 10 heteroatoms. The summed E-state index contributed by atoms with van der Waals surface area (Å²) < 4.78 is 28.9. The molecule has 0 aliphatic carbocycles. The van der Waals surface area contributed by atoms with Gasteiger partial charge in [-0.05, 0) is 54.8 Å². The van der Waals surface area contributed by atoms with Gasteiger partial charge in [0.15, 0.2) is 0 Å². The molecule has 0 saturated carbocycles. The molecule has 1 fully saturated rings. The number of carbonyl (C=O) groups is 1. The van der Waals surface area contributed by atoms with E-state index in [0.717, 1.165) is 11.1 Å². The Morgan fingerprint density at radius 2 is 1.90 bits per heavy atom. The third-order valence-electron chi connectivity index (χ3n) is 5.45. The highest BCUT2D eigenvalue weighted by molar-refractivity contribution is 7.89. The Balaban J connectivity index is 1.63. The minimum atomic E-state index is -3.72. The fourth-order valence-corrected chi connectivity index (χ4v) is 6.59. The average Bonchev–Trinajstić information content (AvgIpc) is 3.19. The molecule has 3 aromatic rings. The largest absolute Gasteiger partial charge is 0.281 e.